The highest BCUT2D eigenvalue weighted by atomic mass is 35.5. The van der Waals surface area contributed by atoms with E-state index in [9.17, 15) is 4.79 Å². The zero-order valence-corrected chi connectivity index (χ0v) is 10.8. The van der Waals surface area contributed by atoms with Gasteiger partial charge >= 0.3 is 0 Å². The van der Waals surface area contributed by atoms with Gasteiger partial charge in [0.15, 0.2) is 0 Å². The third-order valence-corrected chi connectivity index (χ3v) is 2.80. The van der Waals surface area contributed by atoms with Crippen molar-refractivity contribution in [1.82, 2.24) is 4.98 Å². The summed E-state index contributed by atoms with van der Waals surface area (Å²) in [6.07, 6.45) is 1.61. The number of carbonyl (C=O) groups is 1. The Kier molecular flexibility index (Phi) is 3.95. The van der Waals surface area contributed by atoms with Crippen LogP contribution in [0.25, 0.3) is 0 Å². The molecule has 1 amide bonds. The van der Waals surface area contributed by atoms with Crippen LogP contribution in [0.4, 0.5) is 5.69 Å². The smallest absolute Gasteiger partial charge is 0.276 e. The first-order valence-corrected chi connectivity index (χ1v) is 6.08. The molecule has 0 aliphatic heterocycles. The van der Waals surface area contributed by atoms with Crippen molar-refractivity contribution in [2.24, 2.45) is 0 Å². The van der Waals surface area contributed by atoms with Gasteiger partial charge in [0.1, 0.15) is 5.69 Å². The zero-order valence-electron chi connectivity index (χ0n) is 10.0. The van der Waals surface area contributed by atoms with E-state index in [1.165, 1.54) is 0 Å². The number of pyridine rings is 1. The third-order valence-electron chi connectivity index (χ3n) is 2.57. The molecule has 18 heavy (non-hydrogen) atoms. The van der Waals surface area contributed by atoms with Crippen LogP contribution in [0.15, 0.2) is 48.7 Å². The zero-order chi connectivity index (χ0) is 13.0. The summed E-state index contributed by atoms with van der Waals surface area (Å²) in [6.45, 7) is 2.48. The lowest BCUT2D eigenvalue weighted by Crippen LogP contribution is -2.31. The maximum Gasteiger partial charge on any atom is 0.276 e. The number of rotatable bonds is 3. The highest BCUT2D eigenvalue weighted by Gasteiger charge is 2.16. The Morgan fingerprint density at radius 2 is 2.11 bits per heavy atom. The number of amides is 1. The van der Waals surface area contributed by atoms with E-state index in [2.05, 4.69) is 4.98 Å². The second-order valence-electron chi connectivity index (χ2n) is 3.74. The number of carbonyl (C=O) groups excluding carboxylic acids is 1. The Hall–Kier alpha value is -1.87. The fraction of sp³-hybridized carbons (Fsp3) is 0.143. The van der Waals surface area contributed by atoms with Gasteiger partial charge in [-0.3, -0.25) is 9.78 Å². The summed E-state index contributed by atoms with van der Waals surface area (Å²) in [4.78, 5) is 18.0. The molecule has 4 heteroatoms. The van der Waals surface area contributed by atoms with Crippen molar-refractivity contribution in [3.8, 4) is 0 Å². The summed E-state index contributed by atoms with van der Waals surface area (Å²) in [6, 6.07) is 12.5. The maximum atomic E-state index is 12.3. The van der Waals surface area contributed by atoms with Gasteiger partial charge in [0.2, 0.25) is 0 Å². The summed E-state index contributed by atoms with van der Waals surface area (Å²) in [5.41, 5.74) is 1.21. The van der Waals surface area contributed by atoms with Crippen LogP contribution in [0.2, 0.25) is 5.02 Å². The van der Waals surface area contributed by atoms with Crippen LogP contribution in [0.1, 0.15) is 17.4 Å². The summed E-state index contributed by atoms with van der Waals surface area (Å²) in [5.74, 6) is -0.125. The maximum absolute atomic E-state index is 12.3. The quantitative estimate of drug-likeness (QED) is 0.847. The van der Waals surface area contributed by atoms with Gasteiger partial charge < -0.3 is 4.90 Å². The van der Waals surface area contributed by atoms with Crippen LogP contribution in [0.3, 0.4) is 0 Å². The molecule has 0 unspecified atom stereocenters. The lowest BCUT2D eigenvalue weighted by Gasteiger charge is -2.20. The first kappa shape index (κ1) is 12.6. The van der Waals surface area contributed by atoms with Crippen LogP contribution < -0.4 is 4.90 Å². The van der Waals surface area contributed by atoms with E-state index < -0.39 is 0 Å². The molecule has 0 spiro atoms. The van der Waals surface area contributed by atoms with Crippen LogP contribution in [0.5, 0.6) is 0 Å². The summed E-state index contributed by atoms with van der Waals surface area (Å²) in [5, 5.41) is 0.611. The van der Waals surface area contributed by atoms with E-state index in [0.29, 0.717) is 17.3 Å². The molecule has 0 saturated heterocycles. The minimum Gasteiger partial charge on any atom is -0.307 e. The number of aromatic nitrogens is 1. The van der Waals surface area contributed by atoms with Gasteiger partial charge in [-0.25, -0.2) is 0 Å². The number of hydrogen-bond donors (Lipinski definition) is 0. The predicted octanol–water partition coefficient (Wildman–Crippen LogP) is 3.40. The van der Waals surface area contributed by atoms with Gasteiger partial charge in [-0.05, 0) is 37.3 Å². The molecule has 0 bridgehead atoms. The van der Waals surface area contributed by atoms with Gasteiger partial charge in [0.25, 0.3) is 5.91 Å². The molecule has 0 N–H and O–H groups in total. The minimum absolute atomic E-state index is 0.125. The molecule has 1 aromatic heterocycles. The van der Waals surface area contributed by atoms with Crippen molar-refractivity contribution in [3.63, 3.8) is 0 Å². The molecular formula is C14H13ClN2O. The molecule has 0 aliphatic carbocycles. The SMILES string of the molecule is CCN(C(=O)c1ccccn1)c1cccc(Cl)c1. The highest BCUT2D eigenvalue weighted by Crippen LogP contribution is 2.20. The Balaban J connectivity index is 2.32. The lowest BCUT2D eigenvalue weighted by molar-refractivity contribution is 0.0983. The molecular weight excluding hydrogens is 248 g/mol. The van der Waals surface area contributed by atoms with Crippen molar-refractivity contribution in [1.29, 1.82) is 0 Å². The number of benzene rings is 1. The van der Waals surface area contributed by atoms with Crippen LogP contribution >= 0.6 is 11.6 Å². The van der Waals surface area contributed by atoms with E-state index in [4.69, 9.17) is 11.6 Å². The normalized spacial score (nSPS) is 10.1. The molecule has 1 heterocycles. The van der Waals surface area contributed by atoms with Crippen LogP contribution in [-0.2, 0) is 0 Å². The first-order valence-electron chi connectivity index (χ1n) is 5.71. The van der Waals surface area contributed by atoms with Gasteiger partial charge in [-0.15, -0.1) is 0 Å². The topological polar surface area (TPSA) is 33.2 Å². The van der Waals surface area contributed by atoms with Crippen molar-refractivity contribution in [2.45, 2.75) is 6.92 Å². The van der Waals surface area contributed by atoms with Gasteiger partial charge in [0.05, 0.1) is 0 Å². The Bertz CT molecular complexity index is 543. The number of hydrogen-bond acceptors (Lipinski definition) is 2. The molecule has 3 nitrogen and oxygen atoms in total. The lowest BCUT2D eigenvalue weighted by atomic mass is 10.2. The molecule has 2 rings (SSSR count). The highest BCUT2D eigenvalue weighted by molar-refractivity contribution is 6.31. The Morgan fingerprint density at radius 1 is 1.28 bits per heavy atom. The van der Waals surface area contributed by atoms with E-state index >= 15 is 0 Å². The summed E-state index contributed by atoms with van der Waals surface area (Å²) >= 11 is 5.94. The van der Waals surface area contributed by atoms with Crippen LogP contribution in [-0.4, -0.2) is 17.4 Å². The summed E-state index contributed by atoms with van der Waals surface area (Å²) < 4.78 is 0. The molecule has 0 atom stereocenters. The Morgan fingerprint density at radius 3 is 2.72 bits per heavy atom. The number of anilines is 1. The fourth-order valence-corrected chi connectivity index (χ4v) is 1.90. The average Bonchev–Trinajstić information content (AvgIpc) is 2.40. The summed E-state index contributed by atoms with van der Waals surface area (Å²) in [7, 11) is 0. The van der Waals surface area contributed by atoms with E-state index in [1.807, 2.05) is 19.1 Å². The van der Waals surface area contributed by atoms with Gasteiger partial charge in [0, 0.05) is 23.5 Å². The average molecular weight is 261 g/mol. The van der Waals surface area contributed by atoms with E-state index in [-0.39, 0.29) is 5.91 Å². The minimum atomic E-state index is -0.125. The van der Waals surface area contributed by atoms with E-state index in [0.717, 1.165) is 5.69 Å². The largest absolute Gasteiger partial charge is 0.307 e. The number of nitrogens with zero attached hydrogens (tertiary/aromatic N) is 2. The fourth-order valence-electron chi connectivity index (χ4n) is 1.71. The molecule has 92 valence electrons. The molecule has 0 saturated carbocycles. The van der Waals surface area contributed by atoms with Crippen molar-refractivity contribution in [3.05, 3.63) is 59.4 Å². The monoisotopic (exact) mass is 260 g/mol. The second kappa shape index (κ2) is 5.65. The van der Waals surface area contributed by atoms with Gasteiger partial charge in [-0.1, -0.05) is 23.7 Å². The van der Waals surface area contributed by atoms with Crippen LogP contribution in [0, 0.1) is 0 Å². The third kappa shape index (κ3) is 2.68. The van der Waals surface area contributed by atoms with Crippen molar-refractivity contribution < 1.29 is 4.79 Å². The van der Waals surface area contributed by atoms with E-state index in [1.54, 1.807) is 41.4 Å². The molecule has 0 fully saturated rings. The standard InChI is InChI=1S/C14H13ClN2O/c1-2-17(12-7-5-6-11(15)10-12)14(18)13-8-3-4-9-16-13/h3-10H,2H2,1H3. The second-order valence-corrected chi connectivity index (χ2v) is 4.18. The number of halogens is 1. The molecule has 0 aliphatic rings. The molecule has 0 radical (unpaired) electrons. The van der Waals surface area contributed by atoms with Crippen molar-refractivity contribution >= 4 is 23.2 Å². The van der Waals surface area contributed by atoms with Crippen molar-refractivity contribution in [2.75, 3.05) is 11.4 Å². The Labute approximate surface area is 111 Å². The predicted molar refractivity (Wildman–Crippen MR) is 73.0 cm³/mol. The van der Waals surface area contributed by atoms with Gasteiger partial charge in [-0.2, -0.15) is 0 Å². The molecule has 2 aromatic rings. The molecule has 1 aromatic carbocycles. The first-order chi connectivity index (χ1) is 8.72.